The molecule has 1 aromatic carbocycles. The van der Waals surface area contributed by atoms with E-state index >= 15 is 0 Å². The monoisotopic (exact) mass is 339 g/mol. The number of anilines is 1. The van der Waals surface area contributed by atoms with Crippen molar-refractivity contribution in [2.45, 2.75) is 45.6 Å². The number of para-hydroxylation sites is 1. The maximum atomic E-state index is 12.4. The van der Waals surface area contributed by atoms with Gasteiger partial charge in [0.1, 0.15) is 0 Å². The number of nitrogens with one attached hydrogen (secondary N) is 2. The summed E-state index contributed by atoms with van der Waals surface area (Å²) in [5.41, 5.74) is 3.33. The van der Waals surface area contributed by atoms with Gasteiger partial charge in [-0.05, 0) is 50.4 Å². The Morgan fingerprint density at radius 1 is 1.39 bits per heavy atom. The van der Waals surface area contributed by atoms with Gasteiger partial charge in [0.15, 0.2) is 0 Å². The number of likely N-dealkylation sites (tertiary alicyclic amines) is 1. The molecule has 1 unspecified atom stereocenters. The van der Waals surface area contributed by atoms with Gasteiger partial charge in [0.25, 0.3) is 0 Å². The first-order chi connectivity index (χ1) is 10.5. The van der Waals surface area contributed by atoms with Crippen molar-refractivity contribution in [1.82, 2.24) is 10.2 Å². The minimum absolute atomic E-state index is 0. The maximum absolute atomic E-state index is 12.4. The predicted molar refractivity (Wildman–Crippen MR) is 99.7 cm³/mol. The third-order valence-corrected chi connectivity index (χ3v) is 4.47. The van der Waals surface area contributed by atoms with Crippen LogP contribution in [0.1, 0.15) is 43.7 Å². The molecule has 0 radical (unpaired) electrons. The lowest BCUT2D eigenvalue weighted by Gasteiger charge is -2.32. The van der Waals surface area contributed by atoms with Crippen LogP contribution in [-0.4, -0.2) is 43.5 Å². The number of halogens is 1. The van der Waals surface area contributed by atoms with Crippen molar-refractivity contribution >= 4 is 24.0 Å². The molecule has 0 bridgehead atoms. The number of hydrogen-bond acceptors (Lipinski definition) is 3. The number of hydrogen-bond donors (Lipinski definition) is 2. The van der Waals surface area contributed by atoms with E-state index in [4.69, 9.17) is 0 Å². The average molecular weight is 340 g/mol. The summed E-state index contributed by atoms with van der Waals surface area (Å²) < 4.78 is 0. The maximum Gasteiger partial charge on any atom is 0.238 e. The molecule has 1 saturated heterocycles. The van der Waals surface area contributed by atoms with E-state index in [2.05, 4.69) is 54.5 Å². The molecule has 1 aromatic rings. The Kier molecular flexibility index (Phi) is 8.03. The lowest BCUT2D eigenvalue weighted by atomic mass is 9.98. The van der Waals surface area contributed by atoms with Gasteiger partial charge in [-0.3, -0.25) is 9.69 Å². The third-order valence-electron chi connectivity index (χ3n) is 4.47. The molecule has 1 fully saturated rings. The topological polar surface area (TPSA) is 44.4 Å². The molecule has 1 aliphatic heterocycles. The van der Waals surface area contributed by atoms with E-state index in [0.717, 1.165) is 30.8 Å². The summed E-state index contributed by atoms with van der Waals surface area (Å²) >= 11 is 0. The highest BCUT2D eigenvalue weighted by Gasteiger charge is 2.21. The molecule has 4 nitrogen and oxygen atoms in total. The van der Waals surface area contributed by atoms with Crippen LogP contribution < -0.4 is 10.6 Å². The van der Waals surface area contributed by atoms with Gasteiger partial charge in [-0.1, -0.05) is 32.0 Å². The Balaban J connectivity index is 0.00000264. The number of piperidine rings is 1. The van der Waals surface area contributed by atoms with Gasteiger partial charge in [-0.15, -0.1) is 12.4 Å². The SMILES string of the molecule is CNC1CCCN(CC(=O)Nc2c(C)cccc2C(C)C)C1.Cl. The molecule has 1 heterocycles. The second-order valence-corrected chi connectivity index (χ2v) is 6.60. The van der Waals surface area contributed by atoms with Crippen molar-refractivity contribution in [3.63, 3.8) is 0 Å². The summed E-state index contributed by atoms with van der Waals surface area (Å²) in [6, 6.07) is 6.72. The smallest absolute Gasteiger partial charge is 0.238 e. The second-order valence-electron chi connectivity index (χ2n) is 6.60. The Morgan fingerprint density at radius 2 is 2.13 bits per heavy atom. The number of rotatable bonds is 5. The van der Waals surface area contributed by atoms with Crippen LogP contribution in [0.25, 0.3) is 0 Å². The van der Waals surface area contributed by atoms with E-state index < -0.39 is 0 Å². The van der Waals surface area contributed by atoms with Crippen LogP contribution in [0.2, 0.25) is 0 Å². The van der Waals surface area contributed by atoms with E-state index in [-0.39, 0.29) is 18.3 Å². The van der Waals surface area contributed by atoms with Gasteiger partial charge in [0, 0.05) is 18.3 Å². The van der Waals surface area contributed by atoms with Crippen molar-refractivity contribution in [2.24, 2.45) is 0 Å². The fourth-order valence-electron chi connectivity index (χ4n) is 3.16. The number of benzene rings is 1. The minimum atomic E-state index is 0. The molecule has 0 aromatic heterocycles. The van der Waals surface area contributed by atoms with Crippen LogP contribution >= 0.6 is 12.4 Å². The Morgan fingerprint density at radius 3 is 2.78 bits per heavy atom. The molecule has 0 spiro atoms. The number of nitrogens with zero attached hydrogens (tertiary/aromatic N) is 1. The van der Waals surface area contributed by atoms with Crippen LogP contribution in [0.5, 0.6) is 0 Å². The van der Waals surface area contributed by atoms with Gasteiger partial charge in [-0.25, -0.2) is 0 Å². The Bertz CT molecular complexity index is 519. The number of carbonyl (C=O) groups excluding carboxylic acids is 1. The first-order valence-corrected chi connectivity index (χ1v) is 8.30. The second kappa shape index (κ2) is 9.26. The fourth-order valence-corrected chi connectivity index (χ4v) is 3.16. The minimum Gasteiger partial charge on any atom is -0.324 e. The molecule has 0 aliphatic carbocycles. The Labute approximate surface area is 146 Å². The lowest BCUT2D eigenvalue weighted by Crippen LogP contribution is -2.47. The van der Waals surface area contributed by atoms with Crippen LogP contribution in [0.3, 0.4) is 0 Å². The molecule has 23 heavy (non-hydrogen) atoms. The number of likely N-dealkylation sites (N-methyl/N-ethyl adjacent to an activating group) is 1. The standard InChI is InChI=1S/C18H29N3O.ClH/c1-13(2)16-9-5-7-14(3)18(16)20-17(22)12-21-10-6-8-15(11-21)19-4;/h5,7,9,13,15,19H,6,8,10-12H2,1-4H3,(H,20,22);1H. The summed E-state index contributed by atoms with van der Waals surface area (Å²) in [7, 11) is 2.00. The predicted octanol–water partition coefficient (Wildman–Crippen LogP) is 3.16. The number of carbonyl (C=O) groups is 1. The molecule has 2 rings (SSSR count). The Hall–Kier alpha value is -1.10. The summed E-state index contributed by atoms with van der Waals surface area (Å²) in [5, 5.41) is 6.46. The summed E-state index contributed by atoms with van der Waals surface area (Å²) in [6.45, 7) is 8.81. The van der Waals surface area contributed by atoms with Crippen molar-refractivity contribution in [3.8, 4) is 0 Å². The lowest BCUT2D eigenvalue weighted by molar-refractivity contribution is -0.117. The summed E-state index contributed by atoms with van der Waals surface area (Å²) in [6.07, 6.45) is 2.35. The van der Waals surface area contributed by atoms with Gasteiger partial charge in [0.05, 0.1) is 6.54 Å². The van der Waals surface area contributed by atoms with E-state index in [1.165, 1.54) is 12.0 Å². The summed E-state index contributed by atoms with van der Waals surface area (Å²) in [4.78, 5) is 14.7. The van der Waals surface area contributed by atoms with E-state index in [9.17, 15) is 4.79 Å². The van der Waals surface area contributed by atoms with E-state index in [1.807, 2.05) is 7.05 Å². The zero-order chi connectivity index (χ0) is 16.1. The van der Waals surface area contributed by atoms with Gasteiger partial charge in [-0.2, -0.15) is 0 Å². The molecule has 130 valence electrons. The normalized spacial score (nSPS) is 18.6. The van der Waals surface area contributed by atoms with Gasteiger partial charge < -0.3 is 10.6 Å². The zero-order valence-electron chi connectivity index (χ0n) is 14.7. The first-order valence-electron chi connectivity index (χ1n) is 8.30. The molecule has 5 heteroatoms. The van der Waals surface area contributed by atoms with Crippen molar-refractivity contribution in [2.75, 3.05) is 32.0 Å². The number of aryl methyl sites for hydroxylation is 1. The van der Waals surface area contributed by atoms with Crippen LogP contribution in [0.4, 0.5) is 5.69 Å². The zero-order valence-corrected chi connectivity index (χ0v) is 15.5. The van der Waals surface area contributed by atoms with Crippen LogP contribution in [0.15, 0.2) is 18.2 Å². The van der Waals surface area contributed by atoms with Crippen LogP contribution in [-0.2, 0) is 4.79 Å². The van der Waals surface area contributed by atoms with Crippen molar-refractivity contribution in [3.05, 3.63) is 29.3 Å². The molecule has 2 N–H and O–H groups in total. The largest absolute Gasteiger partial charge is 0.324 e. The molecular formula is C18H30ClN3O. The average Bonchev–Trinajstić information content (AvgIpc) is 2.49. The highest BCUT2D eigenvalue weighted by atomic mass is 35.5. The first kappa shape index (κ1) is 19.9. The van der Waals surface area contributed by atoms with Gasteiger partial charge in [0.2, 0.25) is 5.91 Å². The quantitative estimate of drug-likeness (QED) is 0.866. The van der Waals surface area contributed by atoms with Gasteiger partial charge >= 0.3 is 0 Å². The van der Waals surface area contributed by atoms with Crippen molar-refractivity contribution in [1.29, 1.82) is 0 Å². The third kappa shape index (κ3) is 5.48. The molecule has 0 saturated carbocycles. The molecule has 1 aliphatic rings. The number of amides is 1. The molecule has 1 amide bonds. The highest BCUT2D eigenvalue weighted by molar-refractivity contribution is 5.94. The highest BCUT2D eigenvalue weighted by Crippen LogP contribution is 2.27. The van der Waals surface area contributed by atoms with Crippen LogP contribution in [0, 0.1) is 6.92 Å². The van der Waals surface area contributed by atoms with Crippen molar-refractivity contribution < 1.29 is 4.79 Å². The summed E-state index contributed by atoms with van der Waals surface area (Å²) in [5.74, 6) is 0.492. The fraction of sp³-hybridized carbons (Fsp3) is 0.611. The van der Waals surface area contributed by atoms with E-state index in [1.54, 1.807) is 0 Å². The molecular weight excluding hydrogens is 310 g/mol. The molecule has 1 atom stereocenters. The van der Waals surface area contributed by atoms with E-state index in [0.29, 0.717) is 18.5 Å².